The summed E-state index contributed by atoms with van der Waals surface area (Å²) in [6.07, 6.45) is 3.60. The van der Waals surface area contributed by atoms with Crippen molar-refractivity contribution in [1.29, 1.82) is 0 Å². The number of aromatic nitrogens is 1. The minimum atomic E-state index is 0.708. The zero-order valence-electron chi connectivity index (χ0n) is 6.13. The third-order valence-corrected chi connectivity index (χ3v) is 1.46. The van der Waals surface area contributed by atoms with Crippen LogP contribution in [-0.2, 0) is 6.42 Å². The molecule has 0 aliphatic heterocycles. The van der Waals surface area contributed by atoms with E-state index in [1.165, 1.54) is 0 Å². The molecule has 56 valence electrons. The van der Waals surface area contributed by atoms with E-state index in [1.807, 2.05) is 6.92 Å². The first-order valence-electron chi connectivity index (χ1n) is 3.45. The molecule has 0 aromatic carbocycles. The Morgan fingerprint density at radius 1 is 1.70 bits per heavy atom. The molecule has 3 heteroatoms. The molecule has 0 atom stereocenters. The number of hydrogen-bond acceptors (Lipinski definition) is 3. The third kappa shape index (κ3) is 1.57. The SMILES string of the molecule is Cc1cnoc1CCCN. The largest absolute Gasteiger partial charge is 0.361 e. The number of aryl methyl sites for hydroxylation is 2. The van der Waals surface area contributed by atoms with Crippen LogP contribution in [0.5, 0.6) is 0 Å². The predicted octanol–water partition coefficient (Wildman–Crippen LogP) is 0.874. The highest BCUT2D eigenvalue weighted by Gasteiger charge is 2.00. The standard InChI is InChI=1S/C7H12N2O/c1-6-5-9-10-7(6)3-2-4-8/h5H,2-4,8H2,1H3. The molecule has 0 aliphatic carbocycles. The Morgan fingerprint density at radius 3 is 3.00 bits per heavy atom. The predicted molar refractivity (Wildman–Crippen MR) is 38.6 cm³/mol. The first-order chi connectivity index (χ1) is 4.84. The molecule has 1 heterocycles. The summed E-state index contributed by atoms with van der Waals surface area (Å²) in [5.41, 5.74) is 6.45. The highest BCUT2D eigenvalue weighted by atomic mass is 16.5. The lowest BCUT2D eigenvalue weighted by atomic mass is 10.2. The molecule has 3 nitrogen and oxygen atoms in total. The van der Waals surface area contributed by atoms with E-state index in [2.05, 4.69) is 5.16 Å². The van der Waals surface area contributed by atoms with Crippen molar-refractivity contribution in [2.45, 2.75) is 19.8 Å². The number of nitrogens with zero attached hydrogens (tertiary/aromatic N) is 1. The Bertz CT molecular complexity index is 195. The Balaban J connectivity index is 2.49. The van der Waals surface area contributed by atoms with E-state index in [0.717, 1.165) is 24.2 Å². The molecule has 1 aromatic heterocycles. The second kappa shape index (κ2) is 3.37. The van der Waals surface area contributed by atoms with Gasteiger partial charge in [0.1, 0.15) is 5.76 Å². The van der Waals surface area contributed by atoms with Gasteiger partial charge in [0, 0.05) is 12.0 Å². The summed E-state index contributed by atoms with van der Waals surface area (Å²) >= 11 is 0. The lowest BCUT2D eigenvalue weighted by Crippen LogP contribution is -2.00. The van der Waals surface area contributed by atoms with Crippen molar-refractivity contribution in [1.82, 2.24) is 5.16 Å². The molecule has 0 saturated heterocycles. The fourth-order valence-electron chi connectivity index (χ4n) is 0.818. The summed E-state index contributed by atoms with van der Waals surface area (Å²) in [6.45, 7) is 2.70. The van der Waals surface area contributed by atoms with Crippen LogP contribution in [0.25, 0.3) is 0 Å². The van der Waals surface area contributed by atoms with Crippen LogP contribution in [0.3, 0.4) is 0 Å². The van der Waals surface area contributed by atoms with Crippen LogP contribution in [0.1, 0.15) is 17.7 Å². The molecule has 0 fully saturated rings. The van der Waals surface area contributed by atoms with Crippen LogP contribution in [0, 0.1) is 6.92 Å². The van der Waals surface area contributed by atoms with Gasteiger partial charge in [0.25, 0.3) is 0 Å². The van der Waals surface area contributed by atoms with Crippen molar-refractivity contribution in [2.75, 3.05) is 6.54 Å². The molecule has 0 spiro atoms. The van der Waals surface area contributed by atoms with Crippen molar-refractivity contribution in [3.05, 3.63) is 17.5 Å². The fraction of sp³-hybridized carbons (Fsp3) is 0.571. The molecule has 1 aromatic rings. The average molecular weight is 140 g/mol. The van der Waals surface area contributed by atoms with Gasteiger partial charge in [-0.2, -0.15) is 0 Å². The minimum Gasteiger partial charge on any atom is -0.361 e. The summed E-state index contributed by atoms with van der Waals surface area (Å²) < 4.78 is 4.96. The van der Waals surface area contributed by atoms with Gasteiger partial charge in [0.05, 0.1) is 6.20 Å². The molecule has 0 unspecified atom stereocenters. The molecule has 0 amide bonds. The second-order valence-corrected chi connectivity index (χ2v) is 2.32. The fourth-order valence-corrected chi connectivity index (χ4v) is 0.818. The summed E-state index contributed by atoms with van der Waals surface area (Å²) in [4.78, 5) is 0. The smallest absolute Gasteiger partial charge is 0.139 e. The van der Waals surface area contributed by atoms with E-state index in [-0.39, 0.29) is 0 Å². The highest BCUT2D eigenvalue weighted by Crippen LogP contribution is 2.07. The van der Waals surface area contributed by atoms with Crippen molar-refractivity contribution in [3.63, 3.8) is 0 Å². The van der Waals surface area contributed by atoms with Gasteiger partial charge in [-0.3, -0.25) is 0 Å². The number of nitrogens with two attached hydrogens (primary N) is 1. The van der Waals surface area contributed by atoms with E-state index in [1.54, 1.807) is 6.20 Å². The number of hydrogen-bond donors (Lipinski definition) is 1. The van der Waals surface area contributed by atoms with E-state index in [9.17, 15) is 0 Å². The van der Waals surface area contributed by atoms with Crippen LogP contribution in [0.2, 0.25) is 0 Å². The zero-order valence-corrected chi connectivity index (χ0v) is 6.13. The Morgan fingerprint density at radius 2 is 2.50 bits per heavy atom. The molecule has 0 radical (unpaired) electrons. The van der Waals surface area contributed by atoms with Crippen LogP contribution in [0.4, 0.5) is 0 Å². The topological polar surface area (TPSA) is 52.0 Å². The van der Waals surface area contributed by atoms with Gasteiger partial charge >= 0.3 is 0 Å². The maximum Gasteiger partial charge on any atom is 0.139 e. The minimum absolute atomic E-state index is 0.708. The molecule has 0 saturated carbocycles. The van der Waals surface area contributed by atoms with Crippen molar-refractivity contribution >= 4 is 0 Å². The van der Waals surface area contributed by atoms with Gasteiger partial charge in [-0.25, -0.2) is 0 Å². The maximum atomic E-state index is 5.33. The van der Waals surface area contributed by atoms with E-state index in [0.29, 0.717) is 6.54 Å². The summed E-state index contributed by atoms with van der Waals surface area (Å²) in [5, 5.41) is 3.66. The van der Waals surface area contributed by atoms with Gasteiger partial charge in [0.15, 0.2) is 0 Å². The van der Waals surface area contributed by atoms with Crippen LogP contribution in [-0.4, -0.2) is 11.7 Å². The molecule has 0 aliphatic rings. The zero-order chi connectivity index (χ0) is 7.40. The first kappa shape index (κ1) is 7.28. The summed E-state index contributed by atoms with van der Waals surface area (Å²) in [5.74, 6) is 0.963. The van der Waals surface area contributed by atoms with Crippen LogP contribution >= 0.6 is 0 Å². The molecule has 0 bridgehead atoms. The van der Waals surface area contributed by atoms with Gasteiger partial charge < -0.3 is 10.3 Å². The van der Waals surface area contributed by atoms with E-state index in [4.69, 9.17) is 10.3 Å². The molecule has 2 N–H and O–H groups in total. The lowest BCUT2D eigenvalue weighted by molar-refractivity contribution is 0.380. The highest BCUT2D eigenvalue weighted by molar-refractivity contribution is 5.10. The normalized spacial score (nSPS) is 10.2. The molecular formula is C7H12N2O. The lowest BCUT2D eigenvalue weighted by Gasteiger charge is -1.92. The van der Waals surface area contributed by atoms with Gasteiger partial charge in [0.2, 0.25) is 0 Å². The summed E-state index contributed by atoms with van der Waals surface area (Å²) in [6, 6.07) is 0. The van der Waals surface area contributed by atoms with Gasteiger partial charge in [-0.1, -0.05) is 5.16 Å². The molecular weight excluding hydrogens is 128 g/mol. The van der Waals surface area contributed by atoms with E-state index < -0.39 is 0 Å². The van der Waals surface area contributed by atoms with Crippen molar-refractivity contribution in [3.8, 4) is 0 Å². The third-order valence-electron chi connectivity index (χ3n) is 1.46. The van der Waals surface area contributed by atoms with Crippen molar-refractivity contribution in [2.24, 2.45) is 5.73 Å². The first-order valence-corrected chi connectivity index (χ1v) is 3.45. The average Bonchev–Trinajstić information content (AvgIpc) is 2.31. The maximum absolute atomic E-state index is 5.33. The Labute approximate surface area is 60.2 Å². The molecule has 10 heavy (non-hydrogen) atoms. The molecule has 1 rings (SSSR count). The van der Waals surface area contributed by atoms with Crippen LogP contribution < -0.4 is 5.73 Å². The van der Waals surface area contributed by atoms with Crippen molar-refractivity contribution < 1.29 is 4.52 Å². The van der Waals surface area contributed by atoms with E-state index >= 15 is 0 Å². The monoisotopic (exact) mass is 140 g/mol. The Hall–Kier alpha value is -0.830. The van der Waals surface area contributed by atoms with Gasteiger partial charge in [-0.15, -0.1) is 0 Å². The van der Waals surface area contributed by atoms with Gasteiger partial charge in [-0.05, 0) is 19.9 Å². The summed E-state index contributed by atoms with van der Waals surface area (Å²) in [7, 11) is 0. The number of rotatable bonds is 3. The van der Waals surface area contributed by atoms with Crippen LogP contribution in [0.15, 0.2) is 10.7 Å². The second-order valence-electron chi connectivity index (χ2n) is 2.32. The Kier molecular flexibility index (Phi) is 2.45. The quantitative estimate of drug-likeness (QED) is 0.677.